The molecule has 1 rings (SSSR count). The van der Waals surface area contributed by atoms with Gasteiger partial charge in [-0.1, -0.05) is 20.8 Å². The van der Waals surface area contributed by atoms with Crippen LogP contribution in [0.5, 0.6) is 0 Å². The molecule has 0 spiro atoms. The predicted octanol–water partition coefficient (Wildman–Crippen LogP) is 2.27. The quantitative estimate of drug-likeness (QED) is 0.761. The molecule has 1 aliphatic heterocycles. The zero-order valence-corrected chi connectivity index (χ0v) is 11.0. The first-order valence-electron chi connectivity index (χ1n) is 6.12. The maximum Gasteiger partial charge on any atom is 0.0667 e. The standard InChI is InChI=1S/C12H25NOS/c1-9(2)7-11(14)8-13-12-5-4-6-15-10(12)3/h9-14H,4-8H2,1-3H3. The highest BCUT2D eigenvalue weighted by molar-refractivity contribution is 7.99. The van der Waals surface area contributed by atoms with Gasteiger partial charge in [0.1, 0.15) is 0 Å². The van der Waals surface area contributed by atoms with Gasteiger partial charge in [-0.15, -0.1) is 0 Å². The molecule has 0 aromatic heterocycles. The molecule has 0 saturated carbocycles. The first-order valence-corrected chi connectivity index (χ1v) is 7.17. The van der Waals surface area contributed by atoms with Crippen molar-refractivity contribution in [2.45, 2.75) is 57.4 Å². The summed E-state index contributed by atoms with van der Waals surface area (Å²) in [5.41, 5.74) is 0. The zero-order valence-electron chi connectivity index (χ0n) is 10.2. The van der Waals surface area contributed by atoms with E-state index in [9.17, 15) is 5.11 Å². The van der Waals surface area contributed by atoms with Crippen LogP contribution >= 0.6 is 11.8 Å². The number of hydrogen-bond acceptors (Lipinski definition) is 3. The predicted molar refractivity (Wildman–Crippen MR) is 68.4 cm³/mol. The van der Waals surface area contributed by atoms with Gasteiger partial charge in [-0.25, -0.2) is 0 Å². The van der Waals surface area contributed by atoms with Crippen molar-refractivity contribution < 1.29 is 5.11 Å². The van der Waals surface area contributed by atoms with Gasteiger partial charge in [0.05, 0.1) is 6.10 Å². The monoisotopic (exact) mass is 231 g/mol. The summed E-state index contributed by atoms with van der Waals surface area (Å²) in [4.78, 5) is 0. The minimum atomic E-state index is -0.177. The molecule has 1 saturated heterocycles. The second kappa shape index (κ2) is 6.77. The largest absolute Gasteiger partial charge is 0.392 e. The van der Waals surface area contributed by atoms with Gasteiger partial charge < -0.3 is 10.4 Å². The Kier molecular flexibility index (Phi) is 6.02. The topological polar surface area (TPSA) is 32.3 Å². The third kappa shape index (κ3) is 5.23. The van der Waals surface area contributed by atoms with Crippen molar-refractivity contribution in [3.63, 3.8) is 0 Å². The number of rotatable bonds is 5. The van der Waals surface area contributed by atoms with Crippen molar-refractivity contribution in [1.82, 2.24) is 5.32 Å². The Labute approximate surface area is 98.2 Å². The molecule has 2 N–H and O–H groups in total. The zero-order chi connectivity index (χ0) is 11.3. The summed E-state index contributed by atoms with van der Waals surface area (Å²) in [5.74, 6) is 1.88. The molecule has 0 amide bonds. The van der Waals surface area contributed by atoms with E-state index in [4.69, 9.17) is 0 Å². The summed E-state index contributed by atoms with van der Waals surface area (Å²) in [6.45, 7) is 7.36. The molecule has 2 nitrogen and oxygen atoms in total. The van der Waals surface area contributed by atoms with Crippen molar-refractivity contribution in [3.05, 3.63) is 0 Å². The van der Waals surface area contributed by atoms with Crippen LogP contribution in [-0.2, 0) is 0 Å². The number of aliphatic hydroxyl groups is 1. The van der Waals surface area contributed by atoms with E-state index >= 15 is 0 Å². The van der Waals surface area contributed by atoms with Gasteiger partial charge in [-0.3, -0.25) is 0 Å². The Morgan fingerprint density at radius 2 is 2.20 bits per heavy atom. The Hall–Kier alpha value is 0.270. The molecule has 1 aliphatic rings. The minimum Gasteiger partial charge on any atom is -0.392 e. The number of nitrogens with one attached hydrogen (secondary N) is 1. The van der Waals surface area contributed by atoms with Crippen LogP contribution < -0.4 is 5.32 Å². The number of thioether (sulfide) groups is 1. The van der Waals surface area contributed by atoms with Crippen LogP contribution in [0.2, 0.25) is 0 Å². The third-order valence-electron chi connectivity index (χ3n) is 2.97. The average Bonchev–Trinajstić information content (AvgIpc) is 2.15. The summed E-state index contributed by atoms with van der Waals surface area (Å²) < 4.78 is 0. The van der Waals surface area contributed by atoms with Crippen molar-refractivity contribution in [3.8, 4) is 0 Å². The molecule has 0 aliphatic carbocycles. The molecule has 1 heterocycles. The van der Waals surface area contributed by atoms with Crippen molar-refractivity contribution in [1.29, 1.82) is 0 Å². The summed E-state index contributed by atoms with van der Waals surface area (Å²) in [6.07, 6.45) is 3.31. The minimum absolute atomic E-state index is 0.177. The molecule has 0 aromatic rings. The van der Waals surface area contributed by atoms with Crippen LogP contribution in [0.4, 0.5) is 0 Å². The highest BCUT2D eigenvalue weighted by Crippen LogP contribution is 2.24. The van der Waals surface area contributed by atoms with Crippen LogP contribution in [0.15, 0.2) is 0 Å². The van der Waals surface area contributed by atoms with E-state index in [1.54, 1.807) is 0 Å². The molecule has 0 bridgehead atoms. The average molecular weight is 231 g/mol. The van der Waals surface area contributed by atoms with E-state index in [2.05, 4.69) is 26.1 Å². The molecule has 0 radical (unpaired) electrons. The molecular formula is C12H25NOS. The van der Waals surface area contributed by atoms with Crippen LogP contribution in [0.3, 0.4) is 0 Å². The summed E-state index contributed by atoms with van der Waals surface area (Å²) >= 11 is 2.05. The van der Waals surface area contributed by atoms with Gasteiger partial charge >= 0.3 is 0 Å². The first-order chi connectivity index (χ1) is 7.09. The third-order valence-corrected chi connectivity index (χ3v) is 4.34. The fourth-order valence-electron chi connectivity index (χ4n) is 2.11. The first kappa shape index (κ1) is 13.3. The lowest BCUT2D eigenvalue weighted by molar-refractivity contribution is 0.141. The molecule has 15 heavy (non-hydrogen) atoms. The van der Waals surface area contributed by atoms with Crippen molar-refractivity contribution in [2.24, 2.45) is 5.92 Å². The fraction of sp³-hybridized carbons (Fsp3) is 1.00. The molecule has 0 aromatic carbocycles. The van der Waals surface area contributed by atoms with Crippen molar-refractivity contribution in [2.75, 3.05) is 12.3 Å². The van der Waals surface area contributed by atoms with Crippen LogP contribution in [0, 0.1) is 5.92 Å². The summed E-state index contributed by atoms with van der Waals surface area (Å²) in [5, 5.41) is 14.0. The summed E-state index contributed by atoms with van der Waals surface area (Å²) in [6, 6.07) is 0.602. The van der Waals surface area contributed by atoms with Gasteiger partial charge in [0, 0.05) is 17.8 Å². The normalized spacial score (nSPS) is 29.4. The highest BCUT2D eigenvalue weighted by Gasteiger charge is 2.21. The smallest absolute Gasteiger partial charge is 0.0667 e. The Bertz CT molecular complexity index is 175. The SMILES string of the molecule is CC(C)CC(O)CNC1CCCSC1C. The maximum absolute atomic E-state index is 9.77. The molecular weight excluding hydrogens is 206 g/mol. The van der Waals surface area contributed by atoms with Gasteiger partial charge in [-0.05, 0) is 30.9 Å². The Morgan fingerprint density at radius 3 is 2.80 bits per heavy atom. The second-order valence-electron chi connectivity index (χ2n) is 5.02. The molecule has 3 atom stereocenters. The second-order valence-corrected chi connectivity index (χ2v) is 6.50. The number of aliphatic hydroxyl groups excluding tert-OH is 1. The molecule has 90 valence electrons. The van der Waals surface area contributed by atoms with E-state index < -0.39 is 0 Å². The van der Waals surface area contributed by atoms with Gasteiger partial charge in [0.2, 0.25) is 0 Å². The highest BCUT2D eigenvalue weighted by atomic mass is 32.2. The van der Waals surface area contributed by atoms with E-state index in [0.29, 0.717) is 17.2 Å². The van der Waals surface area contributed by atoms with Crippen molar-refractivity contribution >= 4 is 11.8 Å². The van der Waals surface area contributed by atoms with E-state index in [-0.39, 0.29) is 6.10 Å². The Morgan fingerprint density at radius 1 is 1.47 bits per heavy atom. The van der Waals surface area contributed by atoms with Crippen LogP contribution in [-0.4, -0.2) is 34.8 Å². The van der Waals surface area contributed by atoms with E-state index in [0.717, 1.165) is 13.0 Å². The molecule has 3 unspecified atom stereocenters. The maximum atomic E-state index is 9.77. The Balaban J connectivity index is 2.17. The van der Waals surface area contributed by atoms with Gasteiger partial charge in [0.15, 0.2) is 0 Å². The molecule has 1 fully saturated rings. The van der Waals surface area contributed by atoms with E-state index in [1.165, 1.54) is 18.6 Å². The lowest BCUT2D eigenvalue weighted by Gasteiger charge is -2.30. The number of hydrogen-bond donors (Lipinski definition) is 2. The van der Waals surface area contributed by atoms with Gasteiger partial charge in [-0.2, -0.15) is 11.8 Å². The summed E-state index contributed by atoms with van der Waals surface area (Å²) in [7, 11) is 0. The lowest BCUT2D eigenvalue weighted by Crippen LogP contribution is -2.43. The lowest BCUT2D eigenvalue weighted by atomic mass is 10.0. The van der Waals surface area contributed by atoms with Gasteiger partial charge in [0.25, 0.3) is 0 Å². The fourth-order valence-corrected chi connectivity index (χ4v) is 3.28. The molecule has 3 heteroatoms. The van der Waals surface area contributed by atoms with Crippen LogP contribution in [0.1, 0.15) is 40.0 Å². The van der Waals surface area contributed by atoms with Crippen LogP contribution in [0.25, 0.3) is 0 Å². The van der Waals surface area contributed by atoms with E-state index in [1.807, 2.05) is 11.8 Å².